The lowest BCUT2D eigenvalue weighted by molar-refractivity contribution is 0.0952. The highest BCUT2D eigenvalue weighted by molar-refractivity contribution is 6.30. The van der Waals surface area contributed by atoms with Crippen molar-refractivity contribution in [3.05, 3.63) is 69.4 Å². The third-order valence-electron chi connectivity index (χ3n) is 2.92. The van der Waals surface area contributed by atoms with E-state index in [0.29, 0.717) is 30.1 Å². The number of rotatable bonds is 5. The zero-order valence-electron chi connectivity index (χ0n) is 11.2. The van der Waals surface area contributed by atoms with Crippen LogP contribution in [0.1, 0.15) is 16.8 Å². The van der Waals surface area contributed by atoms with Gasteiger partial charge in [-0.25, -0.2) is 4.39 Å². The van der Waals surface area contributed by atoms with Crippen molar-refractivity contribution in [1.82, 2.24) is 9.88 Å². The maximum Gasteiger partial charge on any atom is 0.251 e. The quantitative estimate of drug-likeness (QED) is 0.863. The summed E-state index contributed by atoms with van der Waals surface area (Å²) in [6.07, 6.45) is 2.15. The van der Waals surface area contributed by atoms with Gasteiger partial charge < -0.3 is 9.88 Å². The van der Waals surface area contributed by atoms with Crippen LogP contribution in [0.5, 0.6) is 0 Å². The van der Waals surface area contributed by atoms with Crippen LogP contribution in [0.2, 0.25) is 5.02 Å². The molecular formula is C15H14ClFN2O2. The normalized spacial score (nSPS) is 10.4. The topological polar surface area (TPSA) is 51.1 Å². The highest BCUT2D eigenvalue weighted by Gasteiger charge is 2.04. The van der Waals surface area contributed by atoms with Gasteiger partial charge in [-0.3, -0.25) is 9.59 Å². The van der Waals surface area contributed by atoms with Gasteiger partial charge in [0.05, 0.1) is 5.02 Å². The molecule has 4 nitrogen and oxygen atoms in total. The number of amides is 1. The summed E-state index contributed by atoms with van der Waals surface area (Å²) in [6.45, 7) is 0.873. The van der Waals surface area contributed by atoms with Crippen LogP contribution >= 0.6 is 11.6 Å². The average molecular weight is 309 g/mol. The molecule has 0 atom stereocenters. The number of pyridine rings is 1. The number of nitrogens with one attached hydrogen (secondary N) is 1. The number of aryl methyl sites for hydroxylation is 1. The van der Waals surface area contributed by atoms with E-state index in [4.69, 9.17) is 11.6 Å². The van der Waals surface area contributed by atoms with E-state index in [2.05, 4.69) is 5.32 Å². The first-order valence-corrected chi connectivity index (χ1v) is 6.84. The molecule has 0 aliphatic heterocycles. The summed E-state index contributed by atoms with van der Waals surface area (Å²) in [6, 6.07) is 8.26. The van der Waals surface area contributed by atoms with Crippen LogP contribution in [0.3, 0.4) is 0 Å². The fourth-order valence-corrected chi connectivity index (χ4v) is 2.01. The van der Waals surface area contributed by atoms with Crippen molar-refractivity contribution in [2.45, 2.75) is 13.0 Å². The molecule has 0 aliphatic rings. The van der Waals surface area contributed by atoms with E-state index in [0.717, 1.165) is 0 Å². The van der Waals surface area contributed by atoms with E-state index >= 15 is 0 Å². The molecule has 1 N–H and O–H groups in total. The van der Waals surface area contributed by atoms with Gasteiger partial charge in [-0.2, -0.15) is 0 Å². The highest BCUT2D eigenvalue weighted by Crippen LogP contribution is 2.04. The standard InChI is InChI=1S/C15H14ClFN2O2/c16-12-4-7-14(20)19(10-12)9-1-8-18-15(21)11-2-5-13(17)6-3-11/h2-7,10H,1,8-9H2,(H,18,21). The van der Waals surface area contributed by atoms with E-state index in [1.54, 1.807) is 6.20 Å². The summed E-state index contributed by atoms with van der Waals surface area (Å²) in [5.41, 5.74) is 0.264. The molecule has 1 heterocycles. The maximum atomic E-state index is 12.7. The Morgan fingerprint density at radius 1 is 1.19 bits per heavy atom. The Morgan fingerprint density at radius 3 is 2.62 bits per heavy atom. The van der Waals surface area contributed by atoms with Crippen LogP contribution in [-0.2, 0) is 6.54 Å². The van der Waals surface area contributed by atoms with Crippen molar-refractivity contribution >= 4 is 17.5 Å². The largest absolute Gasteiger partial charge is 0.352 e. The average Bonchev–Trinajstić information content (AvgIpc) is 2.47. The van der Waals surface area contributed by atoms with Crippen molar-refractivity contribution < 1.29 is 9.18 Å². The summed E-state index contributed by atoms with van der Waals surface area (Å²) in [5.74, 6) is -0.652. The van der Waals surface area contributed by atoms with Crippen LogP contribution < -0.4 is 10.9 Å². The fraction of sp³-hybridized carbons (Fsp3) is 0.200. The van der Waals surface area contributed by atoms with Gasteiger partial charge >= 0.3 is 0 Å². The number of aromatic nitrogens is 1. The Morgan fingerprint density at radius 2 is 1.90 bits per heavy atom. The molecular weight excluding hydrogens is 295 g/mol. The number of halogens is 2. The number of hydrogen-bond acceptors (Lipinski definition) is 2. The minimum atomic E-state index is -0.383. The molecule has 6 heteroatoms. The lowest BCUT2D eigenvalue weighted by Crippen LogP contribution is -2.26. The second-order valence-corrected chi connectivity index (χ2v) is 4.93. The van der Waals surface area contributed by atoms with Gasteiger partial charge in [0.2, 0.25) is 0 Å². The monoisotopic (exact) mass is 308 g/mol. The van der Waals surface area contributed by atoms with Crippen molar-refractivity contribution in [3.8, 4) is 0 Å². The van der Waals surface area contributed by atoms with Crippen LogP contribution in [0.4, 0.5) is 4.39 Å². The molecule has 0 aliphatic carbocycles. The minimum Gasteiger partial charge on any atom is -0.352 e. The predicted octanol–water partition coefficient (Wildman–Crippen LogP) is 2.46. The second-order valence-electron chi connectivity index (χ2n) is 4.50. The molecule has 1 amide bonds. The van der Waals surface area contributed by atoms with E-state index < -0.39 is 0 Å². The van der Waals surface area contributed by atoms with Crippen LogP contribution in [-0.4, -0.2) is 17.0 Å². The molecule has 2 rings (SSSR count). The van der Waals surface area contributed by atoms with Crippen LogP contribution in [0, 0.1) is 5.82 Å². The number of hydrogen-bond donors (Lipinski definition) is 1. The zero-order valence-corrected chi connectivity index (χ0v) is 11.9. The van der Waals surface area contributed by atoms with Gasteiger partial charge in [0, 0.05) is 30.9 Å². The minimum absolute atomic E-state index is 0.135. The molecule has 0 radical (unpaired) electrons. The number of nitrogens with zero attached hydrogens (tertiary/aromatic N) is 1. The highest BCUT2D eigenvalue weighted by atomic mass is 35.5. The first-order chi connectivity index (χ1) is 10.1. The molecule has 0 unspecified atom stereocenters. The van der Waals surface area contributed by atoms with Crippen molar-refractivity contribution in [2.75, 3.05) is 6.54 Å². The lowest BCUT2D eigenvalue weighted by Gasteiger charge is -2.07. The first-order valence-electron chi connectivity index (χ1n) is 6.46. The summed E-state index contributed by atoms with van der Waals surface area (Å²) >= 11 is 5.81. The van der Waals surface area contributed by atoms with Gasteiger partial charge in [-0.15, -0.1) is 0 Å². The Balaban J connectivity index is 1.82. The molecule has 0 saturated heterocycles. The van der Waals surface area contributed by atoms with E-state index in [1.165, 1.54) is 41.0 Å². The van der Waals surface area contributed by atoms with Gasteiger partial charge in [-0.1, -0.05) is 11.6 Å². The lowest BCUT2D eigenvalue weighted by atomic mass is 10.2. The number of carbonyl (C=O) groups is 1. The molecule has 110 valence electrons. The smallest absolute Gasteiger partial charge is 0.251 e. The zero-order chi connectivity index (χ0) is 15.2. The molecule has 1 aromatic heterocycles. The maximum absolute atomic E-state index is 12.7. The third kappa shape index (κ3) is 4.43. The third-order valence-corrected chi connectivity index (χ3v) is 3.14. The van der Waals surface area contributed by atoms with Gasteiger partial charge in [0.1, 0.15) is 5.82 Å². The molecule has 0 saturated carbocycles. The predicted molar refractivity (Wildman–Crippen MR) is 79.1 cm³/mol. The molecule has 0 fully saturated rings. The van der Waals surface area contributed by atoms with Gasteiger partial charge in [0.15, 0.2) is 0 Å². The first kappa shape index (κ1) is 15.3. The second kappa shape index (κ2) is 7.04. The Bertz CT molecular complexity index is 683. The molecule has 2 aromatic rings. The Labute approximate surface area is 126 Å². The fourth-order valence-electron chi connectivity index (χ4n) is 1.83. The van der Waals surface area contributed by atoms with Crippen molar-refractivity contribution in [1.29, 1.82) is 0 Å². The summed E-state index contributed by atoms with van der Waals surface area (Å²) in [5, 5.41) is 3.20. The van der Waals surface area contributed by atoms with E-state index in [-0.39, 0.29) is 17.3 Å². The summed E-state index contributed by atoms with van der Waals surface area (Å²) in [7, 11) is 0. The van der Waals surface area contributed by atoms with Crippen molar-refractivity contribution in [2.24, 2.45) is 0 Å². The molecule has 1 aromatic carbocycles. The van der Waals surface area contributed by atoms with Gasteiger partial charge in [-0.05, 0) is 36.8 Å². The van der Waals surface area contributed by atoms with E-state index in [1.807, 2.05) is 0 Å². The van der Waals surface area contributed by atoms with Crippen LogP contribution in [0.15, 0.2) is 47.4 Å². The van der Waals surface area contributed by atoms with Gasteiger partial charge in [0.25, 0.3) is 11.5 Å². The van der Waals surface area contributed by atoms with E-state index in [9.17, 15) is 14.0 Å². The van der Waals surface area contributed by atoms with Crippen molar-refractivity contribution in [3.63, 3.8) is 0 Å². The summed E-state index contributed by atoms with van der Waals surface area (Å²) < 4.78 is 14.2. The molecule has 21 heavy (non-hydrogen) atoms. The number of benzene rings is 1. The van der Waals surface area contributed by atoms with Crippen LogP contribution in [0.25, 0.3) is 0 Å². The summed E-state index contributed by atoms with van der Waals surface area (Å²) in [4.78, 5) is 23.3. The molecule has 0 spiro atoms. The SMILES string of the molecule is O=C(NCCCn1cc(Cl)ccc1=O)c1ccc(F)cc1. The Hall–Kier alpha value is -2.14. The Kier molecular flexibility index (Phi) is 5.11. The molecule has 0 bridgehead atoms. The number of carbonyl (C=O) groups excluding carboxylic acids is 1.